The van der Waals surface area contributed by atoms with Gasteiger partial charge in [0.05, 0.1) is 24.9 Å². The molecule has 1 atom stereocenters. The normalized spacial score (nSPS) is 14.6. The summed E-state index contributed by atoms with van der Waals surface area (Å²) < 4.78 is 37.8. The Kier molecular flexibility index (Phi) is 7.93. The van der Waals surface area contributed by atoms with Crippen molar-refractivity contribution in [1.82, 2.24) is 40.0 Å². The van der Waals surface area contributed by atoms with E-state index in [4.69, 9.17) is 9.15 Å². The maximum atomic E-state index is 13.6. The third-order valence-corrected chi connectivity index (χ3v) is 7.19. The van der Waals surface area contributed by atoms with Gasteiger partial charge in [-0.2, -0.15) is 8.78 Å². The van der Waals surface area contributed by atoms with Crippen LogP contribution in [0.15, 0.2) is 65.2 Å². The number of piperazine rings is 1. The number of anilines is 1. The van der Waals surface area contributed by atoms with E-state index in [1.54, 1.807) is 29.2 Å². The molecule has 44 heavy (non-hydrogen) atoms. The molecule has 0 radical (unpaired) electrons. The van der Waals surface area contributed by atoms with Gasteiger partial charge in [-0.1, -0.05) is 35.1 Å². The van der Waals surface area contributed by atoms with E-state index < -0.39 is 12.6 Å². The predicted octanol–water partition coefficient (Wildman–Crippen LogP) is 3.79. The van der Waals surface area contributed by atoms with Crippen LogP contribution in [0.5, 0.6) is 5.75 Å². The lowest BCUT2D eigenvalue weighted by Crippen LogP contribution is -2.50. The minimum absolute atomic E-state index is 0.153. The van der Waals surface area contributed by atoms with Gasteiger partial charge in [-0.05, 0) is 35.0 Å². The van der Waals surface area contributed by atoms with Crippen molar-refractivity contribution in [3.63, 3.8) is 0 Å². The third-order valence-electron chi connectivity index (χ3n) is 7.19. The Bertz CT molecular complexity index is 1800. The van der Waals surface area contributed by atoms with Gasteiger partial charge in [0.25, 0.3) is 5.91 Å². The van der Waals surface area contributed by atoms with E-state index in [1.165, 1.54) is 20.2 Å². The lowest BCUT2D eigenvalue weighted by Gasteiger charge is -2.38. The molecule has 2 amide bonds. The second-order valence-electron chi connectivity index (χ2n) is 10.0. The number of hydrogen-bond donors (Lipinski definition) is 1. The Morgan fingerprint density at radius 3 is 2.50 bits per heavy atom. The summed E-state index contributed by atoms with van der Waals surface area (Å²) >= 11 is 0. The number of amides is 2. The predicted molar refractivity (Wildman–Crippen MR) is 153 cm³/mol. The van der Waals surface area contributed by atoms with Crippen LogP contribution < -0.4 is 10.1 Å². The number of halogens is 2. The summed E-state index contributed by atoms with van der Waals surface area (Å²) in [5, 5.41) is 14.0. The first-order valence-electron chi connectivity index (χ1n) is 13.7. The number of ether oxygens (including phenoxy) is 1. The zero-order chi connectivity index (χ0) is 30.8. The molecular formula is C29H27F2N9O4. The number of fused-ring (bicyclic) bond motifs is 1. The van der Waals surface area contributed by atoms with E-state index in [9.17, 15) is 18.4 Å². The van der Waals surface area contributed by atoms with Gasteiger partial charge < -0.3 is 19.4 Å². The van der Waals surface area contributed by atoms with Crippen molar-refractivity contribution in [2.45, 2.75) is 19.5 Å². The molecule has 1 aliphatic heterocycles. The molecule has 5 aromatic rings. The van der Waals surface area contributed by atoms with Crippen LogP contribution in [0.2, 0.25) is 0 Å². The smallest absolute Gasteiger partial charge is 0.350 e. The molecule has 1 saturated heterocycles. The molecule has 13 nitrogen and oxygen atoms in total. The van der Waals surface area contributed by atoms with E-state index in [2.05, 4.69) is 30.7 Å². The van der Waals surface area contributed by atoms with Crippen LogP contribution in [0, 0.1) is 0 Å². The number of methoxy groups -OCH3 is 1. The summed E-state index contributed by atoms with van der Waals surface area (Å²) in [6.07, 6.45) is 1.44. The van der Waals surface area contributed by atoms with Crippen molar-refractivity contribution < 1.29 is 27.5 Å². The second-order valence-corrected chi connectivity index (χ2v) is 10.0. The van der Waals surface area contributed by atoms with Crippen molar-refractivity contribution in [3.05, 3.63) is 77.9 Å². The summed E-state index contributed by atoms with van der Waals surface area (Å²) in [6, 6.07) is 15.5. The third kappa shape index (κ3) is 5.81. The maximum Gasteiger partial charge on any atom is 0.350 e. The SMILES string of the molecule is COc1cnc(C(=O)N2CCN(C(c3ccccc3)c3nnn(C(F)F)n3)CC2)cc1-c1nc2cc(NC(C)=O)ccc2o1. The van der Waals surface area contributed by atoms with Crippen molar-refractivity contribution in [2.75, 3.05) is 38.6 Å². The summed E-state index contributed by atoms with van der Waals surface area (Å²) in [5.41, 5.74) is 3.03. The number of tetrazole rings is 1. The highest BCUT2D eigenvalue weighted by atomic mass is 19.3. The summed E-state index contributed by atoms with van der Waals surface area (Å²) in [5.74, 6) is 0.249. The monoisotopic (exact) mass is 603 g/mol. The zero-order valence-electron chi connectivity index (χ0n) is 23.7. The summed E-state index contributed by atoms with van der Waals surface area (Å²) in [7, 11) is 1.48. The number of oxazole rings is 1. The highest BCUT2D eigenvalue weighted by molar-refractivity contribution is 5.94. The molecule has 0 saturated carbocycles. The standard InChI is InChI=1S/C29H27F2N9O4/c1-17(41)33-19-8-9-23-21(14-19)34-27(44-23)20-15-22(32-16-24(20)43-2)28(42)39-12-10-38(11-13-39)25(18-6-4-3-5-7-18)26-35-37-40(36-26)29(30)31/h3-9,14-16,25,29H,10-13H2,1-2H3,(H,33,41). The number of nitrogens with zero attached hydrogens (tertiary/aromatic N) is 8. The number of hydrogen-bond acceptors (Lipinski definition) is 10. The minimum Gasteiger partial charge on any atom is -0.494 e. The van der Waals surface area contributed by atoms with Crippen molar-refractivity contribution in [2.24, 2.45) is 0 Å². The Hall–Kier alpha value is -5.31. The quantitative estimate of drug-likeness (QED) is 0.278. The van der Waals surface area contributed by atoms with Crippen LogP contribution in [0.25, 0.3) is 22.6 Å². The number of benzene rings is 2. The number of pyridine rings is 1. The molecule has 1 unspecified atom stereocenters. The molecule has 15 heteroatoms. The molecular weight excluding hydrogens is 576 g/mol. The van der Waals surface area contributed by atoms with Crippen LogP contribution in [0.4, 0.5) is 14.5 Å². The molecule has 1 aliphatic rings. The van der Waals surface area contributed by atoms with E-state index in [1.807, 2.05) is 35.2 Å². The molecule has 226 valence electrons. The maximum absolute atomic E-state index is 13.6. The van der Waals surface area contributed by atoms with Gasteiger partial charge in [-0.15, -0.1) is 10.2 Å². The van der Waals surface area contributed by atoms with Gasteiger partial charge in [0.1, 0.15) is 17.0 Å². The number of carbonyl (C=O) groups is 2. The van der Waals surface area contributed by atoms with Gasteiger partial charge in [0.15, 0.2) is 11.4 Å². The molecule has 4 heterocycles. The van der Waals surface area contributed by atoms with E-state index >= 15 is 0 Å². The average molecular weight is 604 g/mol. The van der Waals surface area contributed by atoms with Gasteiger partial charge in [-0.3, -0.25) is 14.5 Å². The Morgan fingerprint density at radius 1 is 1.05 bits per heavy atom. The van der Waals surface area contributed by atoms with E-state index in [0.29, 0.717) is 54.3 Å². The average Bonchev–Trinajstić information content (AvgIpc) is 3.69. The number of rotatable bonds is 8. The van der Waals surface area contributed by atoms with E-state index in [-0.39, 0.29) is 34.0 Å². The first-order valence-corrected chi connectivity index (χ1v) is 13.7. The van der Waals surface area contributed by atoms with E-state index in [0.717, 1.165) is 5.56 Å². The largest absolute Gasteiger partial charge is 0.494 e. The molecule has 6 rings (SSSR count). The summed E-state index contributed by atoms with van der Waals surface area (Å²) in [6.45, 7) is 0.0740. The van der Waals surface area contributed by atoms with Gasteiger partial charge in [0, 0.05) is 38.8 Å². The number of aromatic nitrogens is 6. The van der Waals surface area contributed by atoms with Crippen LogP contribution in [-0.2, 0) is 4.79 Å². The highest BCUT2D eigenvalue weighted by Gasteiger charge is 2.32. The topological polar surface area (TPSA) is 144 Å². The fraction of sp³-hybridized carbons (Fsp3) is 0.276. The number of alkyl halides is 2. The van der Waals surface area contributed by atoms with Crippen LogP contribution >= 0.6 is 0 Å². The molecule has 3 aromatic heterocycles. The number of nitrogens with one attached hydrogen (secondary N) is 1. The van der Waals surface area contributed by atoms with Crippen LogP contribution in [0.3, 0.4) is 0 Å². The molecule has 1 fully saturated rings. The van der Waals surface area contributed by atoms with Crippen molar-refractivity contribution in [1.29, 1.82) is 0 Å². The van der Waals surface area contributed by atoms with Crippen molar-refractivity contribution >= 4 is 28.6 Å². The Labute approximate surface area is 249 Å². The lowest BCUT2D eigenvalue weighted by molar-refractivity contribution is -0.114. The first-order chi connectivity index (χ1) is 21.3. The second kappa shape index (κ2) is 12.1. The molecule has 0 bridgehead atoms. The van der Waals surface area contributed by atoms with Gasteiger partial charge >= 0.3 is 6.55 Å². The van der Waals surface area contributed by atoms with Crippen LogP contribution in [0.1, 0.15) is 41.4 Å². The fourth-order valence-electron chi connectivity index (χ4n) is 5.15. The highest BCUT2D eigenvalue weighted by Crippen LogP contribution is 2.33. The zero-order valence-corrected chi connectivity index (χ0v) is 23.7. The molecule has 0 aliphatic carbocycles. The van der Waals surface area contributed by atoms with Gasteiger partial charge in [-0.25, -0.2) is 9.97 Å². The fourth-order valence-corrected chi connectivity index (χ4v) is 5.15. The minimum atomic E-state index is -2.90. The molecule has 2 aromatic carbocycles. The Morgan fingerprint density at radius 2 is 1.82 bits per heavy atom. The first kappa shape index (κ1) is 28.8. The van der Waals surface area contributed by atoms with Gasteiger partial charge in [0.2, 0.25) is 11.8 Å². The van der Waals surface area contributed by atoms with Crippen LogP contribution in [-0.4, -0.2) is 85.1 Å². The lowest BCUT2D eigenvalue weighted by atomic mass is 10.0. The molecule has 0 spiro atoms. The summed E-state index contributed by atoms with van der Waals surface area (Å²) in [4.78, 5) is 37.9. The number of carbonyl (C=O) groups excluding carboxylic acids is 2. The Balaban J connectivity index is 1.21. The molecule has 1 N–H and O–H groups in total. The van der Waals surface area contributed by atoms with Crippen molar-refractivity contribution in [3.8, 4) is 17.2 Å².